The fraction of sp³-hybridized carbons (Fsp3) is 0.929. The summed E-state index contributed by atoms with van der Waals surface area (Å²) in [6, 6.07) is 0. The predicted molar refractivity (Wildman–Crippen MR) is 70.1 cm³/mol. The largest absolute Gasteiger partial charge is 0.384 e. The smallest absolute Gasteiger partial charge is 0.139 e. The fourth-order valence-corrected chi connectivity index (χ4v) is 2.25. The van der Waals surface area contributed by atoms with Gasteiger partial charge in [-0.25, -0.2) is 0 Å². The molecular formula is C14H27NO2. The van der Waals surface area contributed by atoms with Gasteiger partial charge in [-0.05, 0) is 31.8 Å². The molecule has 0 radical (unpaired) electrons. The number of hydrogen-bond donors (Lipinski definition) is 0. The van der Waals surface area contributed by atoms with E-state index in [1.54, 1.807) is 7.11 Å². The van der Waals surface area contributed by atoms with E-state index >= 15 is 0 Å². The Hall–Kier alpha value is -0.410. The van der Waals surface area contributed by atoms with E-state index in [4.69, 9.17) is 4.74 Å². The molecule has 0 bridgehead atoms. The minimum absolute atomic E-state index is 0.186. The first-order chi connectivity index (χ1) is 7.93. The molecule has 0 unspecified atom stereocenters. The molecule has 0 N–H and O–H groups in total. The van der Waals surface area contributed by atoms with E-state index in [0.717, 1.165) is 32.2 Å². The van der Waals surface area contributed by atoms with Crippen molar-refractivity contribution in [1.82, 2.24) is 4.90 Å². The van der Waals surface area contributed by atoms with Gasteiger partial charge in [0.2, 0.25) is 0 Å². The Morgan fingerprint density at radius 2 is 1.88 bits per heavy atom. The number of nitrogens with zero attached hydrogens (tertiary/aromatic N) is 1. The van der Waals surface area contributed by atoms with E-state index in [1.807, 2.05) is 20.8 Å². The Bertz CT molecular complexity index is 237. The third-order valence-electron chi connectivity index (χ3n) is 3.60. The van der Waals surface area contributed by atoms with Crippen LogP contribution in [0.1, 0.15) is 40.0 Å². The second-order valence-corrected chi connectivity index (χ2v) is 6.16. The molecule has 0 amide bonds. The van der Waals surface area contributed by atoms with E-state index in [-0.39, 0.29) is 5.41 Å². The molecule has 0 atom stereocenters. The summed E-state index contributed by atoms with van der Waals surface area (Å²) in [5.74, 6) is 1.09. The Morgan fingerprint density at radius 1 is 1.29 bits per heavy atom. The number of likely N-dealkylation sites (tertiary alicyclic amines) is 1. The Morgan fingerprint density at radius 3 is 2.35 bits per heavy atom. The lowest BCUT2D eigenvalue weighted by Gasteiger charge is -2.32. The average molecular weight is 241 g/mol. The van der Waals surface area contributed by atoms with Crippen LogP contribution in [0.3, 0.4) is 0 Å². The number of piperidine rings is 1. The van der Waals surface area contributed by atoms with Crippen LogP contribution in [0.4, 0.5) is 0 Å². The van der Waals surface area contributed by atoms with Crippen molar-refractivity contribution in [2.24, 2.45) is 11.3 Å². The summed E-state index contributed by atoms with van der Waals surface area (Å²) in [7, 11) is 1.77. The summed E-state index contributed by atoms with van der Waals surface area (Å²) in [4.78, 5) is 14.2. The number of methoxy groups -OCH3 is 1. The summed E-state index contributed by atoms with van der Waals surface area (Å²) >= 11 is 0. The van der Waals surface area contributed by atoms with Gasteiger partial charge in [0.15, 0.2) is 0 Å². The predicted octanol–water partition coefficient (Wildman–Crippen LogP) is 2.35. The molecule has 1 aliphatic rings. The van der Waals surface area contributed by atoms with Crippen molar-refractivity contribution in [3.63, 3.8) is 0 Å². The molecule has 100 valence electrons. The van der Waals surface area contributed by atoms with Crippen molar-refractivity contribution >= 4 is 5.78 Å². The lowest BCUT2D eigenvalue weighted by atomic mass is 9.88. The number of Topliss-reactive ketones (excluding diaryl/α,β-unsaturated/α-hetero) is 1. The van der Waals surface area contributed by atoms with Gasteiger partial charge >= 0.3 is 0 Å². The van der Waals surface area contributed by atoms with Crippen molar-refractivity contribution in [2.45, 2.75) is 40.0 Å². The van der Waals surface area contributed by atoms with Crippen molar-refractivity contribution in [1.29, 1.82) is 0 Å². The van der Waals surface area contributed by atoms with Crippen molar-refractivity contribution in [2.75, 3.05) is 33.4 Å². The molecule has 3 nitrogen and oxygen atoms in total. The zero-order valence-corrected chi connectivity index (χ0v) is 11.8. The van der Waals surface area contributed by atoms with E-state index in [9.17, 15) is 4.79 Å². The minimum atomic E-state index is -0.186. The SMILES string of the molecule is COCC1CCN(CCC(=O)C(C)(C)C)CC1. The molecule has 0 spiro atoms. The van der Waals surface area contributed by atoms with Gasteiger partial charge in [-0.15, -0.1) is 0 Å². The van der Waals surface area contributed by atoms with Crippen LogP contribution < -0.4 is 0 Å². The lowest BCUT2D eigenvalue weighted by Crippen LogP contribution is -2.37. The van der Waals surface area contributed by atoms with Crippen LogP contribution in [-0.4, -0.2) is 44.0 Å². The van der Waals surface area contributed by atoms with Crippen LogP contribution in [-0.2, 0) is 9.53 Å². The van der Waals surface area contributed by atoms with Crippen LogP contribution in [0.25, 0.3) is 0 Å². The number of carbonyl (C=O) groups is 1. The molecule has 0 aliphatic carbocycles. The molecule has 0 aromatic carbocycles. The summed E-state index contributed by atoms with van der Waals surface area (Å²) in [5, 5.41) is 0. The number of hydrogen-bond acceptors (Lipinski definition) is 3. The number of ketones is 1. The van der Waals surface area contributed by atoms with E-state index in [1.165, 1.54) is 12.8 Å². The highest BCUT2D eigenvalue weighted by atomic mass is 16.5. The molecule has 1 fully saturated rings. The number of ether oxygens (including phenoxy) is 1. The average Bonchev–Trinajstić information content (AvgIpc) is 2.27. The molecule has 0 aromatic heterocycles. The first-order valence-electron chi connectivity index (χ1n) is 6.68. The summed E-state index contributed by atoms with van der Waals surface area (Å²) in [6.07, 6.45) is 3.10. The molecule has 1 heterocycles. The van der Waals surface area contributed by atoms with E-state index < -0.39 is 0 Å². The van der Waals surface area contributed by atoms with Gasteiger partial charge in [0.05, 0.1) is 0 Å². The molecule has 0 aromatic rings. The Labute approximate surface area is 106 Å². The lowest BCUT2D eigenvalue weighted by molar-refractivity contribution is -0.126. The molecule has 1 rings (SSSR count). The highest BCUT2D eigenvalue weighted by Gasteiger charge is 2.23. The molecule has 17 heavy (non-hydrogen) atoms. The van der Waals surface area contributed by atoms with Crippen LogP contribution >= 0.6 is 0 Å². The highest BCUT2D eigenvalue weighted by molar-refractivity contribution is 5.83. The number of carbonyl (C=O) groups excluding carboxylic acids is 1. The first kappa shape index (κ1) is 14.7. The second-order valence-electron chi connectivity index (χ2n) is 6.16. The standard InChI is InChI=1S/C14H27NO2/c1-14(2,3)13(16)7-10-15-8-5-12(6-9-15)11-17-4/h12H,5-11H2,1-4H3. The van der Waals surface area contributed by atoms with Gasteiger partial charge in [0, 0.05) is 32.1 Å². The third kappa shape index (κ3) is 5.17. The molecular weight excluding hydrogens is 214 g/mol. The van der Waals surface area contributed by atoms with Crippen molar-refractivity contribution in [3.8, 4) is 0 Å². The van der Waals surface area contributed by atoms with Gasteiger partial charge < -0.3 is 9.64 Å². The fourth-order valence-electron chi connectivity index (χ4n) is 2.25. The highest BCUT2D eigenvalue weighted by Crippen LogP contribution is 2.20. The second kappa shape index (κ2) is 6.50. The molecule has 1 aliphatic heterocycles. The van der Waals surface area contributed by atoms with Crippen LogP contribution in [0.15, 0.2) is 0 Å². The molecule has 1 saturated heterocycles. The maximum Gasteiger partial charge on any atom is 0.139 e. The summed E-state index contributed by atoms with van der Waals surface area (Å²) in [6.45, 7) is 10.0. The zero-order chi connectivity index (χ0) is 12.9. The monoisotopic (exact) mass is 241 g/mol. The summed E-state index contributed by atoms with van der Waals surface area (Å²) in [5.41, 5.74) is -0.186. The normalized spacial score (nSPS) is 19.5. The molecule has 0 saturated carbocycles. The molecule has 3 heteroatoms. The summed E-state index contributed by atoms with van der Waals surface area (Å²) < 4.78 is 5.19. The van der Waals surface area contributed by atoms with E-state index in [0.29, 0.717) is 12.2 Å². The van der Waals surface area contributed by atoms with Crippen molar-refractivity contribution < 1.29 is 9.53 Å². The van der Waals surface area contributed by atoms with Crippen LogP contribution in [0, 0.1) is 11.3 Å². The van der Waals surface area contributed by atoms with E-state index in [2.05, 4.69) is 4.90 Å². The Balaban J connectivity index is 2.21. The van der Waals surface area contributed by atoms with Crippen LogP contribution in [0.5, 0.6) is 0 Å². The van der Waals surface area contributed by atoms with Gasteiger partial charge in [-0.3, -0.25) is 4.79 Å². The van der Waals surface area contributed by atoms with Crippen molar-refractivity contribution in [3.05, 3.63) is 0 Å². The van der Waals surface area contributed by atoms with Gasteiger partial charge in [0.1, 0.15) is 5.78 Å². The van der Waals surface area contributed by atoms with Gasteiger partial charge in [0.25, 0.3) is 0 Å². The van der Waals surface area contributed by atoms with Crippen LogP contribution in [0.2, 0.25) is 0 Å². The minimum Gasteiger partial charge on any atom is -0.384 e. The van der Waals surface area contributed by atoms with Gasteiger partial charge in [-0.1, -0.05) is 20.8 Å². The third-order valence-corrected chi connectivity index (χ3v) is 3.60. The topological polar surface area (TPSA) is 29.5 Å². The first-order valence-corrected chi connectivity index (χ1v) is 6.68. The van der Waals surface area contributed by atoms with Gasteiger partial charge in [-0.2, -0.15) is 0 Å². The number of rotatable bonds is 5. The quantitative estimate of drug-likeness (QED) is 0.740. The zero-order valence-electron chi connectivity index (χ0n) is 11.8. The maximum atomic E-state index is 11.8. The Kier molecular flexibility index (Phi) is 5.60. The maximum absolute atomic E-state index is 11.8.